The number of carboxylic acids is 1. The number of carboxylic acid groups (broad SMARTS) is 1. The average molecular weight is 346 g/mol. The molecule has 0 aromatic heterocycles. The van der Waals surface area contributed by atoms with E-state index in [4.69, 9.17) is 26.7 Å². The molecule has 1 N–H and O–H groups in total. The molecule has 23 heavy (non-hydrogen) atoms. The van der Waals surface area contributed by atoms with E-state index in [0.29, 0.717) is 5.56 Å². The van der Waals surface area contributed by atoms with Crippen LogP contribution in [-0.4, -0.2) is 23.4 Å². The van der Waals surface area contributed by atoms with Crippen LogP contribution in [0.4, 0.5) is 13.2 Å². The van der Waals surface area contributed by atoms with Crippen LogP contribution in [0.25, 0.3) is 6.08 Å². The van der Waals surface area contributed by atoms with Gasteiger partial charge in [0.05, 0.1) is 11.6 Å². The van der Waals surface area contributed by atoms with Crippen molar-refractivity contribution in [3.05, 3.63) is 33.9 Å². The molecule has 0 amide bonds. The fourth-order valence-electron chi connectivity index (χ4n) is 2.21. The maximum atomic E-state index is 13.0. The summed E-state index contributed by atoms with van der Waals surface area (Å²) in [5.41, 5.74) is -0.284. The lowest BCUT2D eigenvalue weighted by molar-refractivity contribution is -0.187. The van der Waals surface area contributed by atoms with Crippen molar-refractivity contribution in [1.82, 2.24) is 0 Å². The van der Waals surface area contributed by atoms with Gasteiger partial charge in [0.1, 0.15) is 5.75 Å². The van der Waals surface area contributed by atoms with Gasteiger partial charge in [0.25, 0.3) is 0 Å². The molecule has 0 spiro atoms. The normalized spacial score (nSPS) is 18.3. The van der Waals surface area contributed by atoms with Crippen LogP contribution in [0.15, 0.2) is 17.7 Å². The second kappa shape index (κ2) is 6.13. The Labute approximate surface area is 134 Å². The molecule has 1 aliphatic rings. The lowest BCUT2D eigenvalue weighted by Crippen LogP contribution is -2.40. The molecule has 0 bridgehead atoms. The minimum absolute atomic E-state index is 0.109. The Morgan fingerprint density at radius 2 is 2.17 bits per heavy atom. The third-order valence-corrected chi connectivity index (χ3v) is 3.66. The summed E-state index contributed by atoms with van der Waals surface area (Å²) < 4.78 is 43.8. The third kappa shape index (κ3) is 3.59. The monoisotopic (exact) mass is 345 g/mol. The minimum atomic E-state index is -4.86. The Morgan fingerprint density at radius 3 is 2.70 bits per heavy atom. The summed E-state index contributed by atoms with van der Waals surface area (Å²) >= 11 is 6.05. The smallest absolute Gasteiger partial charge is 0.430 e. The molecule has 0 saturated heterocycles. The number of ether oxygens (including phenoxy) is 1. The second-order valence-corrected chi connectivity index (χ2v) is 5.57. The van der Waals surface area contributed by atoms with Crippen LogP contribution in [0.5, 0.6) is 5.75 Å². The van der Waals surface area contributed by atoms with Gasteiger partial charge in [0.15, 0.2) is 0 Å². The zero-order chi connectivity index (χ0) is 17.4. The van der Waals surface area contributed by atoms with E-state index in [9.17, 15) is 18.0 Å². The van der Waals surface area contributed by atoms with Gasteiger partial charge in [0.2, 0.25) is 6.10 Å². The van der Waals surface area contributed by atoms with E-state index in [1.807, 2.05) is 6.07 Å². The fourth-order valence-corrected chi connectivity index (χ4v) is 2.46. The number of nitriles is 1. The second-order valence-electron chi connectivity index (χ2n) is 5.16. The van der Waals surface area contributed by atoms with Crippen LogP contribution in [0.1, 0.15) is 18.1 Å². The maximum absolute atomic E-state index is 13.0. The number of nitrogens with zero attached hydrogens (tertiary/aromatic N) is 1. The molecule has 0 fully saturated rings. The highest BCUT2D eigenvalue weighted by atomic mass is 35.5. The molecule has 0 saturated carbocycles. The van der Waals surface area contributed by atoms with Gasteiger partial charge in [-0.25, -0.2) is 4.79 Å². The molecule has 0 radical (unpaired) electrons. The van der Waals surface area contributed by atoms with E-state index in [0.717, 1.165) is 6.08 Å². The molecule has 2 atom stereocenters. The molecule has 1 heterocycles. The first kappa shape index (κ1) is 17.2. The number of hydrogen-bond donors (Lipinski definition) is 1. The van der Waals surface area contributed by atoms with Crippen molar-refractivity contribution >= 4 is 23.6 Å². The van der Waals surface area contributed by atoms with Gasteiger partial charge in [-0.05, 0) is 37.1 Å². The van der Waals surface area contributed by atoms with Crippen molar-refractivity contribution in [2.75, 3.05) is 0 Å². The number of carbonyl (C=O) groups is 1. The minimum Gasteiger partial charge on any atom is -0.478 e. The zero-order valence-electron chi connectivity index (χ0n) is 11.8. The largest absolute Gasteiger partial charge is 0.478 e. The van der Waals surface area contributed by atoms with Gasteiger partial charge in [-0.2, -0.15) is 18.4 Å². The zero-order valence-corrected chi connectivity index (χ0v) is 12.6. The van der Waals surface area contributed by atoms with Gasteiger partial charge in [-0.1, -0.05) is 11.6 Å². The molecule has 8 heteroatoms. The average Bonchev–Trinajstić information content (AvgIpc) is 2.45. The van der Waals surface area contributed by atoms with Crippen LogP contribution in [0, 0.1) is 17.2 Å². The van der Waals surface area contributed by atoms with Crippen molar-refractivity contribution in [3.8, 4) is 11.8 Å². The van der Waals surface area contributed by atoms with Crippen LogP contribution in [-0.2, 0) is 11.2 Å². The van der Waals surface area contributed by atoms with Crippen molar-refractivity contribution < 1.29 is 27.8 Å². The summed E-state index contributed by atoms with van der Waals surface area (Å²) in [4.78, 5) is 11.0. The molecule has 4 nitrogen and oxygen atoms in total. The predicted octanol–water partition coefficient (Wildman–Crippen LogP) is 3.83. The molecule has 1 aromatic rings. The summed E-state index contributed by atoms with van der Waals surface area (Å²) in [6.07, 6.45) is -6.25. The van der Waals surface area contributed by atoms with Crippen LogP contribution in [0.3, 0.4) is 0 Å². The van der Waals surface area contributed by atoms with E-state index in [1.165, 1.54) is 12.1 Å². The van der Waals surface area contributed by atoms with Crippen LogP contribution < -0.4 is 4.74 Å². The summed E-state index contributed by atoms with van der Waals surface area (Å²) in [7, 11) is 0. The summed E-state index contributed by atoms with van der Waals surface area (Å²) in [5, 5.41) is 18.0. The van der Waals surface area contributed by atoms with Crippen molar-refractivity contribution in [2.45, 2.75) is 25.6 Å². The third-order valence-electron chi connectivity index (χ3n) is 3.31. The molecule has 122 valence electrons. The van der Waals surface area contributed by atoms with Crippen LogP contribution in [0.2, 0.25) is 5.02 Å². The van der Waals surface area contributed by atoms with Crippen molar-refractivity contribution in [1.29, 1.82) is 5.26 Å². The van der Waals surface area contributed by atoms with Gasteiger partial charge >= 0.3 is 12.1 Å². The van der Waals surface area contributed by atoms with E-state index in [1.54, 1.807) is 6.92 Å². The van der Waals surface area contributed by atoms with E-state index in [-0.39, 0.29) is 28.7 Å². The van der Waals surface area contributed by atoms with Crippen molar-refractivity contribution in [3.63, 3.8) is 0 Å². The van der Waals surface area contributed by atoms with Gasteiger partial charge in [-0.15, -0.1) is 0 Å². The summed E-state index contributed by atoms with van der Waals surface area (Å²) in [6.45, 7) is 1.65. The van der Waals surface area contributed by atoms with Gasteiger partial charge in [0, 0.05) is 16.5 Å². The number of hydrogen-bond acceptors (Lipinski definition) is 3. The summed E-state index contributed by atoms with van der Waals surface area (Å²) in [6, 6.07) is 4.66. The SMILES string of the molecule is CC(C#N)Cc1cc2c(cc1Cl)C=C(C(=O)O)C(C(F)(F)F)O2. The van der Waals surface area contributed by atoms with E-state index < -0.39 is 23.8 Å². The Hall–Kier alpha value is -2.20. The molecule has 1 aromatic carbocycles. The molecular weight excluding hydrogens is 335 g/mol. The first-order valence-corrected chi connectivity index (χ1v) is 6.91. The van der Waals surface area contributed by atoms with E-state index in [2.05, 4.69) is 0 Å². The van der Waals surface area contributed by atoms with Crippen molar-refractivity contribution in [2.24, 2.45) is 5.92 Å². The maximum Gasteiger partial charge on any atom is 0.430 e. The number of fused-ring (bicyclic) bond motifs is 1. The van der Waals surface area contributed by atoms with Gasteiger partial charge in [-0.3, -0.25) is 0 Å². The highest BCUT2D eigenvalue weighted by Crippen LogP contribution is 2.39. The first-order valence-electron chi connectivity index (χ1n) is 6.53. The standard InChI is InChI=1S/C15H11ClF3NO3/c1-7(6-20)2-8-5-12-9(4-11(8)16)3-10(14(21)22)13(23-12)15(17,18)19/h3-5,7,13H,2H2,1H3,(H,21,22). The Balaban J connectivity index is 2.50. The predicted molar refractivity (Wildman–Crippen MR) is 76.0 cm³/mol. The lowest BCUT2D eigenvalue weighted by atomic mass is 9.97. The molecule has 2 unspecified atom stereocenters. The lowest BCUT2D eigenvalue weighted by Gasteiger charge is -2.27. The Kier molecular flexibility index (Phi) is 4.57. The van der Waals surface area contributed by atoms with E-state index >= 15 is 0 Å². The Bertz CT molecular complexity index is 722. The summed E-state index contributed by atoms with van der Waals surface area (Å²) in [5.74, 6) is -2.20. The number of alkyl halides is 3. The molecule has 0 aliphatic carbocycles. The topological polar surface area (TPSA) is 70.3 Å². The fraction of sp³-hybridized carbons (Fsp3) is 0.333. The quantitative estimate of drug-likeness (QED) is 0.903. The Morgan fingerprint density at radius 1 is 1.52 bits per heavy atom. The molecular formula is C15H11ClF3NO3. The van der Waals surface area contributed by atoms with Gasteiger partial charge < -0.3 is 9.84 Å². The first-order chi connectivity index (χ1) is 10.6. The number of rotatable bonds is 3. The number of halogens is 4. The molecule has 1 aliphatic heterocycles. The highest BCUT2D eigenvalue weighted by Gasteiger charge is 2.48. The molecule has 2 rings (SSSR count). The number of benzene rings is 1. The number of aliphatic carboxylic acids is 1. The van der Waals surface area contributed by atoms with Crippen LogP contribution >= 0.6 is 11.6 Å². The highest BCUT2D eigenvalue weighted by molar-refractivity contribution is 6.31.